The second-order valence-electron chi connectivity index (χ2n) is 7.86. The van der Waals surface area contributed by atoms with Gasteiger partial charge in [0.1, 0.15) is 11.4 Å². The number of carboxylic acid groups (broad SMARTS) is 1. The van der Waals surface area contributed by atoms with Crippen LogP contribution in [-0.2, 0) is 5.41 Å². The normalized spacial score (nSPS) is 11.6. The van der Waals surface area contributed by atoms with E-state index in [-0.39, 0.29) is 68.1 Å². The first-order chi connectivity index (χ1) is 14.8. The number of nitrogens with one attached hydrogen (secondary N) is 1. The molecule has 0 amide bonds. The molecule has 3 aromatic heterocycles. The van der Waals surface area contributed by atoms with Crippen LogP contribution >= 0.6 is 0 Å². The number of aromatic amines is 1. The summed E-state index contributed by atoms with van der Waals surface area (Å²) in [6.07, 6.45) is 1.69. The van der Waals surface area contributed by atoms with Crippen molar-refractivity contribution in [2.45, 2.75) is 26.2 Å². The predicted octanol–water partition coefficient (Wildman–Crippen LogP) is 0.208. The van der Waals surface area contributed by atoms with E-state index in [1.165, 1.54) is 25.3 Å². The molecular weight excluding hydrogens is 437 g/mol. The summed E-state index contributed by atoms with van der Waals surface area (Å²) in [4.78, 5) is 15.5. The summed E-state index contributed by atoms with van der Waals surface area (Å²) < 4.78 is 6.86. The van der Waals surface area contributed by atoms with E-state index in [2.05, 4.69) is 30.5 Å². The van der Waals surface area contributed by atoms with Crippen molar-refractivity contribution in [3.8, 4) is 17.3 Å². The van der Waals surface area contributed by atoms with E-state index < -0.39 is 5.97 Å². The quantitative estimate of drug-likeness (QED) is 0.336. The molecule has 0 aliphatic rings. The van der Waals surface area contributed by atoms with E-state index in [0.717, 1.165) is 5.69 Å². The van der Waals surface area contributed by atoms with Crippen molar-refractivity contribution < 1.29 is 66.0 Å². The second kappa shape index (κ2) is 9.59. The third kappa shape index (κ3) is 4.66. The Bertz CT molecular complexity index is 1290. The van der Waals surface area contributed by atoms with Crippen molar-refractivity contribution in [3.63, 3.8) is 0 Å². The van der Waals surface area contributed by atoms with Crippen LogP contribution in [0.15, 0.2) is 52.8 Å². The number of ether oxygens (including phenoxy) is 1. The van der Waals surface area contributed by atoms with E-state index in [9.17, 15) is 9.90 Å². The smallest absolute Gasteiger partial charge is 0.545 e. The zero-order chi connectivity index (χ0) is 22.2. The van der Waals surface area contributed by atoms with Crippen molar-refractivity contribution in [1.82, 2.24) is 24.8 Å². The Labute approximate surface area is 226 Å². The molecule has 158 valence electrons. The SMILES string of the molecule is COc1cc(N=Nc2c(C(C)(C)C)[nH]n3c(-c4ccccn4)nnc23)ccc1C(=O)[O-].[K+]. The molecule has 0 fully saturated rings. The molecule has 32 heavy (non-hydrogen) atoms. The molecule has 0 unspecified atom stereocenters. The Kier molecular flexibility index (Phi) is 7.25. The number of pyridine rings is 1. The number of H-pyrrole nitrogens is 1. The van der Waals surface area contributed by atoms with E-state index in [4.69, 9.17) is 4.74 Å². The van der Waals surface area contributed by atoms with Crippen LogP contribution in [0.5, 0.6) is 5.75 Å². The molecule has 0 radical (unpaired) electrons. The maximum absolute atomic E-state index is 11.2. The van der Waals surface area contributed by atoms with Crippen LogP contribution in [-0.4, -0.2) is 37.9 Å². The van der Waals surface area contributed by atoms with E-state index >= 15 is 0 Å². The molecule has 1 aromatic carbocycles. The van der Waals surface area contributed by atoms with Gasteiger partial charge in [-0.1, -0.05) is 26.8 Å². The van der Waals surface area contributed by atoms with E-state index in [0.29, 0.717) is 28.5 Å². The van der Waals surface area contributed by atoms with Gasteiger partial charge in [0.25, 0.3) is 0 Å². The molecule has 0 saturated heterocycles. The molecule has 4 rings (SSSR count). The summed E-state index contributed by atoms with van der Waals surface area (Å²) in [6, 6.07) is 9.94. The van der Waals surface area contributed by atoms with Crippen LogP contribution in [0.2, 0.25) is 0 Å². The van der Waals surface area contributed by atoms with Crippen LogP contribution in [0.1, 0.15) is 36.8 Å². The molecule has 0 atom stereocenters. The average Bonchev–Trinajstić information content (AvgIpc) is 3.32. The summed E-state index contributed by atoms with van der Waals surface area (Å²) in [7, 11) is 1.38. The molecule has 11 heteroatoms. The van der Waals surface area contributed by atoms with Gasteiger partial charge in [-0.05, 0) is 24.3 Å². The van der Waals surface area contributed by atoms with Gasteiger partial charge in [0, 0.05) is 23.2 Å². The summed E-state index contributed by atoms with van der Waals surface area (Å²) in [5, 5.41) is 31.7. The van der Waals surface area contributed by atoms with Gasteiger partial charge in [-0.2, -0.15) is 5.11 Å². The Morgan fingerprint density at radius 1 is 1.16 bits per heavy atom. The Morgan fingerprint density at radius 3 is 2.56 bits per heavy atom. The number of benzene rings is 1. The maximum Gasteiger partial charge on any atom is 1.00 e. The van der Waals surface area contributed by atoms with Gasteiger partial charge in [0.2, 0.25) is 11.5 Å². The molecule has 3 heterocycles. The third-order valence-electron chi connectivity index (χ3n) is 4.65. The fraction of sp³-hybridized carbons (Fsp3) is 0.238. The van der Waals surface area contributed by atoms with Crippen LogP contribution in [0.4, 0.5) is 11.4 Å². The van der Waals surface area contributed by atoms with Crippen molar-refractivity contribution in [2.24, 2.45) is 10.2 Å². The minimum absolute atomic E-state index is 0. The minimum Gasteiger partial charge on any atom is -0.545 e. The minimum atomic E-state index is -1.33. The van der Waals surface area contributed by atoms with E-state index in [1.54, 1.807) is 10.7 Å². The van der Waals surface area contributed by atoms with Gasteiger partial charge in [0.15, 0.2) is 5.69 Å². The molecule has 0 bridgehead atoms. The number of carbonyl (C=O) groups excluding carboxylic acids is 1. The third-order valence-corrected chi connectivity index (χ3v) is 4.65. The van der Waals surface area contributed by atoms with Gasteiger partial charge in [-0.25, -0.2) is 4.52 Å². The Balaban J connectivity index is 0.00000289. The largest absolute Gasteiger partial charge is 1.00 e. The summed E-state index contributed by atoms with van der Waals surface area (Å²) in [6.45, 7) is 6.13. The Hall–Kier alpha value is -2.44. The van der Waals surface area contributed by atoms with Crippen LogP contribution in [0, 0.1) is 0 Å². The predicted molar refractivity (Wildman–Crippen MR) is 111 cm³/mol. The number of fused-ring (bicyclic) bond motifs is 1. The Morgan fingerprint density at radius 2 is 1.94 bits per heavy atom. The molecule has 4 aromatic rings. The molecular formula is C21H20KN7O3. The van der Waals surface area contributed by atoms with Crippen LogP contribution in [0.3, 0.4) is 0 Å². The number of hydrogen-bond donors (Lipinski definition) is 1. The zero-order valence-electron chi connectivity index (χ0n) is 18.4. The molecule has 0 spiro atoms. The number of carbonyl (C=O) groups is 1. The maximum atomic E-state index is 11.2. The van der Waals surface area contributed by atoms with Gasteiger partial charge < -0.3 is 14.6 Å². The van der Waals surface area contributed by atoms with Crippen molar-refractivity contribution in [2.75, 3.05) is 7.11 Å². The number of aromatic nitrogens is 5. The average molecular weight is 458 g/mol. The zero-order valence-corrected chi connectivity index (χ0v) is 21.6. The number of hydrogen-bond acceptors (Lipinski definition) is 8. The van der Waals surface area contributed by atoms with Gasteiger partial charge in [0.05, 0.1) is 24.5 Å². The van der Waals surface area contributed by atoms with Gasteiger partial charge >= 0.3 is 51.4 Å². The number of rotatable bonds is 5. The van der Waals surface area contributed by atoms with Gasteiger partial charge in [-0.15, -0.1) is 15.3 Å². The molecule has 10 nitrogen and oxygen atoms in total. The summed E-state index contributed by atoms with van der Waals surface area (Å²) in [5.74, 6) is -0.623. The van der Waals surface area contributed by atoms with Crippen molar-refractivity contribution >= 4 is 23.0 Å². The summed E-state index contributed by atoms with van der Waals surface area (Å²) in [5.41, 5.74) is 2.61. The molecule has 1 N–H and O–H groups in total. The number of azo groups is 1. The van der Waals surface area contributed by atoms with Crippen molar-refractivity contribution in [1.29, 1.82) is 0 Å². The monoisotopic (exact) mass is 457 g/mol. The first-order valence-electron chi connectivity index (χ1n) is 9.49. The fourth-order valence-electron chi connectivity index (χ4n) is 3.12. The number of aromatic carboxylic acids is 1. The topological polar surface area (TPSA) is 133 Å². The van der Waals surface area contributed by atoms with Crippen LogP contribution in [0.25, 0.3) is 17.2 Å². The molecule has 0 saturated carbocycles. The summed E-state index contributed by atoms with van der Waals surface area (Å²) >= 11 is 0. The number of nitrogens with zero attached hydrogens (tertiary/aromatic N) is 6. The van der Waals surface area contributed by atoms with Gasteiger partial charge in [-0.3, -0.25) is 10.1 Å². The second-order valence-corrected chi connectivity index (χ2v) is 7.86. The molecule has 0 aliphatic carbocycles. The number of methoxy groups -OCH3 is 1. The fourth-order valence-corrected chi connectivity index (χ4v) is 3.12. The van der Waals surface area contributed by atoms with E-state index in [1.807, 2.05) is 39.0 Å². The number of carboxylic acids is 1. The first-order valence-corrected chi connectivity index (χ1v) is 9.49. The first kappa shape index (κ1) is 24.2. The van der Waals surface area contributed by atoms with Crippen molar-refractivity contribution in [3.05, 3.63) is 53.9 Å². The van der Waals surface area contributed by atoms with Crippen LogP contribution < -0.4 is 61.2 Å². The molecule has 0 aliphatic heterocycles. The standard InChI is InChI=1S/C21H21N7O3.K/c1-21(2,3)17-16(24-23-12-8-9-13(20(29)30)15(11-12)31-4)19-26-25-18(28(19)27-17)14-7-5-6-10-22-14;/h5-11,27H,1-4H3,(H,29,30);/q;+1/p-1.